The Morgan fingerprint density at radius 3 is 2.04 bits per heavy atom. The molecule has 16 nitrogen and oxygen atoms in total. The van der Waals surface area contributed by atoms with Crippen molar-refractivity contribution in [3.05, 3.63) is 47.8 Å². The number of hydrogen-bond donors (Lipinski definition) is 3. The minimum absolute atomic E-state index is 0.0413. The van der Waals surface area contributed by atoms with Crippen LogP contribution in [0.25, 0.3) is 0 Å². The minimum atomic E-state index is -3.96. The Labute approximate surface area is 299 Å². The molecule has 3 N–H and O–H groups in total. The molecule has 0 saturated carbocycles. The van der Waals surface area contributed by atoms with Crippen molar-refractivity contribution in [1.82, 2.24) is 15.3 Å². The van der Waals surface area contributed by atoms with Gasteiger partial charge in [-0.3, -0.25) is 14.4 Å². The summed E-state index contributed by atoms with van der Waals surface area (Å²) in [6.07, 6.45) is 6.75. The van der Waals surface area contributed by atoms with Gasteiger partial charge < -0.3 is 34.1 Å². The first kappa shape index (κ1) is 43.1. The van der Waals surface area contributed by atoms with Gasteiger partial charge in [0.2, 0.25) is 5.95 Å². The largest absolute Gasteiger partial charge is 0.480 e. The van der Waals surface area contributed by atoms with Gasteiger partial charge in [-0.05, 0) is 64.2 Å². The highest BCUT2D eigenvalue weighted by atomic mass is 32.2. The van der Waals surface area contributed by atoms with E-state index < -0.39 is 27.5 Å². The van der Waals surface area contributed by atoms with E-state index in [1.807, 2.05) is 20.8 Å². The molecule has 2 aromatic rings. The molecule has 0 aliphatic rings. The number of anilines is 1. The van der Waals surface area contributed by atoms with E-state index in [-0.39, 0.29) is 87.4 Å². The fourth-order valence-electron chi connectivity index (χ4n) is 4.25. The number of carbonyl (C=O) groups is 4. The molecular weight excluding hydrogens is 688 g/mol. The van der Waals surface area contributed by atoms with Crippen LogP contribution in [0.15, 0.2) is 41.6 Å². The van der Waals surface area contributed by atoms with Gasteiger partial charge in [-0.1, -0.05) is 18.6 Å². The van der Waals surface area contributed by atoms with Crippen molar-refractivity contribution in [2.75, 3.05) is 64.1 Å². The molecule has 0 bridgehead atoms. The zero-order valence-corrected chi connectivity index (χ0v) is 30.3. The number of carboxylic acid groups (broad SMARTS) is 1. The number of ketones is 1. The van der Waals surface area contributed by atoms with Crippen LogP contribution in [-0.2, 0) is 54.5 Å². The molecule has 0 aliphatic carbocycles. The van der Waals surface area contributed by atoms with Gasteiger partial charge >= 0.3 is 11.9 Å². The van der Waals surface area contributed by atoms with Gasteiger partial charge in [0.15, 0.2) is 5.78 Å². The number of hydrogen-bond acceptors (Lipinski definition) is 13. The molecule has 0 saturated heterocycles. The Balaban J connectivity index is 1.57. The molecule has 284 valence electrons. The third-order valence-corrected chi connectivity index (χ3v) is 7.99. The average Bonchev–Trinajstić information content (AvgIpc) is 3.06. The quantitative estimate of drug-likeness (QED) is 0.0887. The predicted molar refractivity (Wildman–Crippen MR) is 185 cm³/mol. The number of ether oxygens (including phenoxy) is 5. The van der Waals surface area contributed by atoms with Crippen molar-refractivity contribution < 1.29 is 56.4 Å². The van der Waals surface area contributed by atoms with Gasteiger partial charge in [-0.25, -0.2) is 27.9 Å². The second-order valence-electron chi connectivity index (χ2n) is 12.3. The van der Waals surface area contributed by atoms with Gasteiger partial charge in [0.1, 0.15) is 18.8 Å². The summed E-state index contributed by atoms with van der Waals surface area (Å²) in [6, 6.07) is 6.48. The normalized spacial score (nSPS) is 11.6. The van der Waals surface area contributed by atoms with Crippen molar-refractivity contribution in [1.29, 1.82) is 0 Å². The molecule has 1 aromatic carbocycles. The van der Waals surface area contributed by atoms with Crippen LogP contribution >= 0.6 is 0 Å². The Bertz CT molecular complexity index is 1460. The van der Waals surface area contributed by atoms with E-state index in [2.05, 4.69) is 20.0 Å². The van der Waals surface area contributed by atoms with Crippen LogP contribution in [0.5, 0.6) is 0 Å². The summed E-state index contributed by atoms with van der Waals surface area (Å²) in [5.41, 5.74) is 0.612. The number of aryl methyl sites for hydroxylation is 1. The van der Waals surface area contributed by atoms with Crippen molar-refractivity contribution >= 4 is 39.6 Å². The van der Waals surface area contributed by atoms with Gasteiger partial charge in [0.25, 0.3) is 15.9 Å². The predicted octanol–water partition coefficient (Wildman–Crippen LogP) is 2.95. The van der Waals surface area contributed by atoms with Crippen molar-refractivity contribution in [2.24, 2.45) is 0 Å². The number of rotatable bonds is 27. The van der Waals surface area contributed by atoms with E-state index in [1.54, 1.807) is 12.1 Å². The third kappa shape index (κ3) is 20.4. The molecule has 0 radical (unpaired) electrons. The van der Waals surface area contributed by atoms with Crippen LogP contribution in [0.1, 0.15) is 75.2 Å². The zero-order chi connectivity index (χ0) is 37.5. The highest BCUT2D eigenvalue weighted by Crippen LogP contribution is 2.17. The summed E-state index contributed by atoms with van der Waals surface area (Å²) in [5.74, 6) is -1.99. The smallest absolute Gasteiger partial charge is 0.329 e. The van der Waals surface area contributed by atoms with E-state index in [9.17, 15) is 27.6 Å². The number of aliphatic carboxylic acids is 1. The number of unbranched alkanes of at least 4 members (excludes halogenated alkanes) is 2. The maximum Gasteiger partial charge on any atom is 0.329 e. The number of nitrogens with one attached hydrogen (secondary N) is 2. The third-order valence-electron chi connectivity index (χ3n) is 6.65. The summed E-state index contributed by atoms with van der Waals surface area (Å²) < 4.78 is 54.0. The van der Waals surface area contributed by atoms with Crippen molar-refractivity contribution in [3.63, 3.8) is 0 Å². The Kier molecular flexibility index (Phi) is 19.8. The molecule has 0 unspecified atom stereocenters. The van der Waals surface area contributed by atoms with Crippen LogP contribution in [0.3, 0.4) is 0 Å². The summed E-state index contributed by atoms with van der Waals surface area (Å²) in [6.45, 7) is 6.66. The first-order valence-corrected chi connectivity index (χ1v) is 18.2. The van der Waals surface area contributed by atoms with Gasteiger partial charge in [-0.2, -0.15) is 0 Å². The van der Waals surface area contributed by atoms with Crippen LogP contribution in [-0.4, -0.2) is 112 Å². The Hall–Kier alpha value is -4.03. The average molecular weight is 739 g/mol. The highest BCUT2D eigenvalue weighted by molar-refractivity contribution is 7.92. The number of nitrogens with zero attached hydrogens (tertiary/aromatic N) is 2. The zero-order valence-electron chi connectivity index (χ0n) is 29.5. The topological polar surface area (TPSA) is 219 Å². The van der Waals surface area contributed by atoms with E-state index >= 15 is 0 Å². The van der Waals surface area contributed by atoms with E-state index in [1.165, 1.54) is 24.5 Å². The molecule has 0 spiro atoms. The molecule has 51 heavy (non-hydrogen) atoms. The van der Waals surface area contributed by atoms with E-state index in [4.69, 9.17) is 28.8 Å². The molecule has 0 aliphatic heterocycles. The summed E-state index contributed by atoms with van der Waals surface area (Å²) in [4.78, 5) is 54.3. The number of esters is 1. The molecule has 17 heteroatoms. The van der Waals surface area contributed by atoms with Gasteiger partial charge in [0.05, 0.1) is 43.5 Å². The molecule has 1 amide bonds. The summed E-state index contributed by atoms with van der Waals surface area (Å²) in [5, 5.41) is 11.1. The molecule has 1 heterocycles. The van der Waals surface area contributed by atoms with Crippen LogP contribution < -0.4 is 10.0 Å². The lowest BCUT2D eigenvalue weighted by Crippen LogP contribution is -2.28. The molecule has 0 atom stereocenters. The number of amides is 1. The lowest BCUT2D eigenvalue weighted by molar-refractivity contribution is -0.155. The molecule has 0 fully saturated rings. The number of aromatic nitrogens is 2. The molecule has 2 rings (SSSR count). The lowest BCUT2D eigenvalue weighted by Gasteiger charge is -2.19. The number of sulfonamides is 1. The van der Waals surface area contributed by atoms with Crippen LogP contribution in [0, 0.1) is 0 Å². The van der Waals surface area contributed by atoms with Crippen molar-refractivity contribution in [2.45, 2.75) is 76.2 Å². The number of benzene rings is 1. The monoisotopic (exact) mass is 738 g/mol. The molecule has 1 aromatic heterocycles. The maximum absolute atomic E-state index is 12.8. The Morgan fingerprint density at radius 1 is 0.765 bits per heavy atom. The first-order valence-electron chi connectivity index (χ1n) is 16.7. The van der Waals surface area contributed by atoms with Crippen LogP contribution in [0.4, 0.5) is 5.95 Å². The lowest BCUT2D eigenvalue weighted by atomic mass is 10.1. The second-order valence-corrected chi connectivity index (χ2v) is 14.0. The second kappa shape index (κ2) is 23.4. The van der Waals surface area contributed by atoms with Crippen LogP contribution in [0.2, 0.25) is 0 Å². The van der Waals surface area contributed by atoms with Gasteiger partial charge in [-0.15, -0.1) is 0 Å². The standard InChI is InChI=1S/C34H50N4O12S/c1-34(2,3)50-31(42)10-6-4-5-8-26-11-13-29(14-12-26)51(44,45)38-33-36-22-27(23-37-33)32(43)35-15-17-47-19-20-48-24-28(39)9-7-16-46-18-21-49-25-30(40)41/h11-14,22-23H,4-10,15-21,24-25H2,1-3H3,(H,35,43)(H,40,41)(H,36,37,38). The van der Waals surface area contributed by atoms with E-state index in [0.717, 1.165) is 31.2 Å². The van der Waals surface area contributed by atoms with Gasteiger partial charge in [0, 0.05) is 38.4 Å². The fourth-order valence-corrected chi connectivity index (χ4v) is 5.21. The number of carbonyl (C=O) groups excluding carboxylic acids is 3. The van der Waals surface area contributed by atoms with Crippen molar-refractivity contribution in [3.8, 4) is 0 Å². The highest BCUT2D eigenvalue weighted by Gasteiger charge is 2.17. The number of carboxylic acids is 1. The number of Topliss-reactive ketones (excluding diaryl/α,β-unsaturated/α-hetero) is 1. The minimum Gasteiger partial charge on any atom is -0.480 e. The first-order chi connectivity index (χ1) is 24.2. The molecular formula is C34H50N4O12S. The summed E-state index contributed by atoms with van der Waals surface area (Å²) in [7, 11) is -3.96. The summed E-state index contributed by atoms with van der Waals surface area (Å²) >= 11 is 0. The fraction of sp³-hybridized carbons (Fsp3) is 0.588. The van der Waals surface area contributed by atoms with E-state index in [0.29, 0.717) is 19.4 Å². The SMILES string of the molecule is CC(C)(C)OC(=O)CCCCCc1ccc(S(=O)(=O)Nc2ncc(C(=O)NCCOCCOCC(=O)CCCOCCOCC(=O)O)cn2)cc1. The Morgan fingerprint density at radius 2 is 1.39 bits per heavy atom. The maximum atomic E-state index is 12.8.